The molecule has 0 unspecified atom stereocenters. The van der Waals surface area contributed by atoms with Crippen LogP contribution in [-0.4, -0.2) is 14.7 Å². The lowest BCUT2D eigenvalue weighted by atomic mass is 10.3. The Morgan fingerprint density at radius 3 is 2.90 bits per heavy atom. The SMILES string of the molecule is CCc1cc2c(=O)n(-c3cccc(O)c3)c(=S)[nH]c2s1. The van der Waals surface area contributed by atoms with Crippen molar-refractivity contribution in [2.24, 2.45) is 0 Å². The molecule has 0 bridgehead atoms. The van der Waals surface area contributed by atoms with Gasteiger partial charge in [0.1, 0.15) is 10.6 Å². The summed E-state index contributed by atoms with van der Waals surface area (Å²) in [6.45, 7) is 2.05. The van der Waals surface area contributed by atoms with Gasteiger partial charge in [-0.3, -0.25) is 9.36 Å². The van der Waals surface area contributed by atoms with E-state index in [-0.39, 0.29) is 11.3 Å². The summed E-state index contributed by atoms with van der Waals surface area (Å²) in [7, 11) is 0. The fourth-order valence-corrected chi connectivity index (χ4v) is 3.44. The average Bonchev–Trinajstić information content (AvgIpc) is 2.82. The number of rotatable bonds is 2. The lowest BCUT2D eigenvalue weighted by Crippen LogP contribution is -2.19. The first-order chi connectivity index (χ1) is 9.60. The quantitative estimate of drug-likeness (QED) is 0.714. The third-order valence-electron chi connectivity index (χ3n) is 3.08. The predicted octanol–water partition coefficient (Wildman–Crippen LogP) is 3.38. The van der Waals surface area contributed by atoms with Crippen molar-refractivity contribution >= 4 is 33.8 Å². The Hall–Kier alpha value is -1.92. The number of aromatic nitrogens is 2. The Kier molecular flexibility index (Phi) is 3.19. The van der Waals surface area contributed by atoms with Crippen molar-refractivity contribution in [1.29, 1.82) is 0 Å². The van der Waals surface area contributed by atoms with Gasteiger partial charge in [0.15, 0.2) is 4.77 Å². The van der Waals surface area contributed by atoms with Gasteiger partial charge in [0.25, 0.3) is 5.56 Å². The zero-order valence-corrected chi connectivity index (χ0v) is 12.3. The van der Waals surface area contributed by atoms with Crippen LogP contribution in [0, 0.1) is 4.77 Å². The molecule has 2 heterocycles. The minimum atomic E-state index is -0.162. The highest BCUT2D eigenvalue weighted by molar-refractivity contribution is 7.71. The molecule has 0 spiro atoms. The normalized spacial score (nSPS) is 11.1. The maximum absolute atomic E-state index is 12.6. The number of aryl methyl sites for hydroxylation is 1. The standard InChI is InChI=1S/C14H12N2O2S2/c1-2-10-7-11-12(20-10)15-14(19)16(13(11)18)8-4-3-5-9(17)6-8/h3-7,17H,2H2,1H3,(H,15,19). The maximum Gasteiger partial charge on any atom is 0.267 e. The van der Waals surface area contributed by atoms with Crippen LogP contribution in [0.1, 0.15) is 11.8 Å². The van der Waals surface area contributed by atoms with Gasteiger partial charge in [0, 0.05) is 10.9 Å². The molecule has 0 aliphatic heterocycles. The molecule has 2 aromatic heterocycles. The molecule has 0 amide bonds. The summed E-state index contributed by atoms with van der Waals surface area (Å²) in [6, 6.07) is 8.39. The molecule has 1 aromatic carbocycles. The van der Waals surface area contributed by atoms with E-state index in [0.29, 0.717) is 15.8 Å². The highest BCUT2D eigenvalue weighted by Crippen LogP contribution is 2.22. The molecular weight excluding hydrogens is 292 g/mol. The number of aromatic amines is 1. The van der Waals surface area contributed by atoms with Crippen LogP contribution in [0.2, 0.25) is 0 Å². The molecule has 0 aliphatic carbocycles. The first-order valence-corrected chi connectivity index (χ1v) is 7.40. The van der Waals surface area contributed by atoms with E-state index in [0.717, 1.165) is 16.1 Å². The minimum absolute atomic E-state index is 0.100. The first kappa shape index (κ1) is 13.1. The number of hydrogen-bond donors (Lipinski definition) is 2. The Balaban J connectivity index is 2.36. The molecule has 0 aliphatic rings. The van der Waals surface area contributed by atoms with E-state index < -0.39 is 0 Å². The Bertz CT molecular complexity index is 905. The number of phenols is 1. The number of hydrogen-bond acceptors (Lipinski definition) is 4. The molecule has 2 N–H and O–H groups in total. The number of H-pyrrole nitrogens is 1. The number of phenolic OH excluding ortho intramolecular Hbond substituents is 1. The van der Waals surface area contributed by atoms with Gasteiger partial charge in [-0.2, -0.15) is 0 Å². The van der Waals surface area contributed by atoms with Crippen molar-refractivity contribution < 1.29 is 5.11 Å². The molecule has 20 heavy (non-hydrogen) atoms. The van der Waals surface area contributed by atoms with Crippen LogP contribution in [0.5, 0.6) is 5.75 Å². The van der Waals surface area contributed by atoms with Crippen molar-refractivity contribution in [3.63, 3.8) is 0 Å². The summed E-state index contributed by atoms with van der Waals surface area (Å²) in [5.74, 6) is 0.100. The number of fused-ring (bicyclic) bond motifs is 1. The summed E-state index contributed by atoms with van der Waals surface area (Å²) < 4.78 is 1.74. The van der Waals surface area contributed by atoms with Crippen molar-refractivity contribution in [1.82, 2.24) is 9.55 Å². The van der Waals surface area contributed by atoms with Crippen LogP contribution < -0.4 is 5.56 Å². The van der Waals surface area contributed by atoms with Gasteiger partial charge in [0.05, 0.1) is 11.1 Å². The molecule has 3 rings (SSSR count). The predicted molar refractivity (Wildman–Crippen MR) is 83.6 cm³/mol. The molecule has 6 heteroatoms. The van der Waals surface area contributed by atoms with E-state index in [2.05, 4.69) is 4.98 Å². The highest BCUT2D eigenvalue weighted by Gasteiger charge is 2.10. The van der Waals surface area contributed by atoms with Crippen LogP contribution >= 0.6 is 23.6 Å². The first-order valence-electron chi connectivity index (χ1n) is 6.17. The van der Waals surface area contributed by atoms with Crippen LogP contribution in [-0.2, 0) is 6.42 Å². The monoisotopic (exact) mass is 304 g/mol. The fourth-order valence-electron chi connectivity index (χ4n) is 2.10. The smallest absolute Gasteiger partial charge is 0.267 e. The summed E-state index contributed by atoms with van der Waals surface area (Å²) in [4.78, 5) is 17.6. The second-order valence-corrected chi connectivity index (χ2v) is 5.92. The van der Waals surface area contributed by atoms with Gasteiger partial charge < -0.3 is 10.1 Å². The van der Waals surface area contributed by atoms with Crippen LogP contribution in [0.3, 0.4) is 0 Å². The number of nitrogens with one attached hydrogen (secondary N) is 1. The Morgan fingerprint density at radius 1 is 1.40 bits per heavy atom. The van der Waals surface area contributed by atoms with Gasteiger partial charge in [-0.05, 0) is 36.8 Å². The van der Waals surface area contributed by atoms with Gasteiger partial charge >= 0.3 is 0 Å². The zero-order valence-electron chi connectivity index (χ0n) is 10.7. The number of nitrogens with zero attached hydrogens (tertiary/aromatic N) is 1. The van der Waals surface area contributed by atoms with Gasteiger partial charge in [0.2, 0.25) is 0 Å². The summed E-state index contributed by atoms with van der Waals surface area (Å²) in [5, 5.41) is 10.2. The average molecular weight is 304 g/mol. The molecule has 4 nitrogen and oxygen atoms in total. The molecular formula is C14H12N2O2S2. The molecule has 0 saturated carbocycles. The van der Waals surface area contributed by atoms with E-state index in [1.807, 2.05) is 13.0 Å². The molecule has 0 fully saturated rings. The summed E-state index contributed by atoms with van der Waals surface area (Å²) >= 11 is 6.82. The van der Waals surface area contributed by atoms with Crippen molar-refractivity contribution in [2.75, 3.05) is 0 Å². The Morgan fingerprint density at radius 2 is 2.20 bits per heavy atom. The second-order valence-electron chi connectivity index (χ2n) is 4.40. The molecule has 102 valence electrons. The number of thiophene rings is 1. The van der Waals surface area contributed by atoms with Gasteiger partial charge in [-0.25, -0.2) is 0 Å². The lowest BCUT2D eigenvalue weighted by molar-refractivity contribution is 0.475. The Labute approximate surface area is 124 Å². The largest absolute Gasteiger partial charge is 0.508 e. The fraction of sp³-hybridized carbons (Fsp3) is 0.143. The zero-order chi connectivity index (χ0) is 14.3. The number of aromatic hydroxyl groups is 1. The minimum Gasteiger partial charge on any atom is -0.508 e. The molecule has 0 atom stereocenters. The van der Waals surface area contributed by atoms with Crippen LogP contribution in [0.4, 0.5) is 0 Å². The molecule has 3 aromatic rings. The summed E-state index contributed by atoms with van der Waals surface area (Å²) in [6.07, 6.45) is 0.880. The lowest BCUT2D eigenvalue weighted by Gasteiger charge is -2.06. The van der Waals surface area contributed by atoms with Crippen molar-refractivity contribution in [3.05, 3.63) is 50.3 Å². The van der Waals surface area contributed by atoms with Crippen molar-refractivity contribution in [2.45, 2.75) is 13.3 Å². The number of benzene rings is 1. The van der Waals surface area contributed by atoms with Gasteiger partial charge in [-0.15, -0.1) is 11.3 Å². The third-order valence-corrected chi connectivity index (χ3v) is 4.56. The van der Waals surface area contributed by atoms with E-state index >= 15 is 0 Å². The van der Waals surface area contributed by atoms with Crippen molar-refractivity contribution in [3.8, 4) is 11.4 Å². The van der Waals surface area contributed by atoms with Crippen LogP contribution in [0.15, 0.2) is 35.1 Å². The summed E-state index contributed by atoms with van der Waals surface area (Å²) in [5.41, 5.74) is 0.396. The van der Waals surface area contributed by atoms with Gasteiger partial charge in [-0.1, -0.05) is 13.0 Å². The third kappa shape index (κ3) is 2.07. The van der Waals surface area contributed by atoms with E-state index in [9.17, 15) is 9.90 Å². The van der Waals surface area contributed by atoms with Crippen LogP contribution in [0.25, 0.3) is 15.9 Å². The highest BCUT2D eigenvalue weighted by atomic mass is 32.1. The molecule has 0 saturated heterocycles. The van der Waals surface area contributed by atoms with E-state index in [1.165, 1.54) is 10.6 Å². The molecule has 0 radical (unpaired) electrons. The van der Waals surface area contributed by atoms with E-state index in [4.69, 9.17) is 12.2 Å². The maximum atomic E-state index is 12.6. The topological polar surface area (TPSA) is 58.0 Å². The second kappa shape index (κ2) is 4.88. The van der Waals surface area contributed by atoms with E-state index in [1.54, 1.807) is 29.5 Å².